The Bertz CT molecular complexity index is 1630. The lowest BCUT2D eigenvalue weighted by atomic mass is 9.86. The van der Waals surface area contributed by atoms with Gasteiger partial charge >= 0.3 is 5.97 Å². The van der Waals surface area contributed by atoms with Crippen molar-refractivity contribution < 1.29 is 42.7 Å². The molecule has 3 unspecified atom stereocenters. The van der Waals surface area contributed by atoms with Crippen LogP contribution in [0.1, 0.15) is 94.7 Å². The van der Waals surface area contributed by atoms with Gasteiger partial charge in [0.25, 0.3) is 7.82 Å². The number of ether oxygens (including phenoxy) is 2. The standard InChI is InChI=1S/C40H60N3O8P/c1-28(2)42(29(3)4)21-20-34(31-14-12-11-13-15-31)35-22-30(5)16-18-38(35)51-39(45)26-43(9,10)25-33-23-32(36(44)24-41-40(6,7)8)17-19-37(33)49-27-50-52(46,47)48/h11-19,22-23,28-29,34,36,41,44H,20-21,24-27H2,1-10H3,(H-,46,47,48). The molecule has 0 aliphatic rings. The van der Waals surface area contributed by atoms with Gasteiger partial charge in [0.05, 0.1) is 20.2 Å². The van der Waals surface area contributed by atoms with E-state index in [0.29, 0.717) is 35.5 Å². The monoisotopic (exact) mass is 741 g/mol. The van der Waals surface area contributed by atoms with E-state index in [4.69, 9.17) is 14.4 Å². The van der Waals surface area contributed by atoms with E-state index in [0.717, 1.165) is 29.7 Å². The lowest BCUT2D eigenvalue weighted by Gasteiger charge is -2.32. The number of hydrogen-bond acceptors (Lipinski definition) is 9. The van der Waals surface area contributed by atoms with Crippen LogP contribution in [0.25, 0.3) is 0 Å². The molecule has 3 aromatic carbocycles. The zero-order valence-corrected chi connectivity index (χ0v) is 33.5. The molecule has 3 aromatic rings. The molecule has 0 amide bonds. The first-order chi connectivity index (χ1) is 24.1. The van der Waals surface area contributed by atoms with E-state index in [1.54, 1.807) is 18.2 Å². The largest absolute Gasteiger partial charge is 0.756 e. The van der Waals surface area contributed by atoms with Crippen LogP contribution in [0.3, 0.4) is 0 Å². The summed E-state index contributed by atoms with van der Waals surface area (Å²) in [5.41, 5.74) is 4.19. The number of nitrogens with zero attached hydrogens (tertiary/aromatic N) is 2. The number of esters is 1. The third kappa shape index (κ3) is 14.4. The summed E-state index contributed by atoms with van der Waals surface area (Å²) in [4.78, 5) is 36.4. The zero-order chi connectivity index (χ0) is 38.9. The fraction of sp³-hybridized carbons (Fsp3) is 0.525. The van der Waals surface area contributed by atoms with Gasteiger partial charge in [-0.25, -0.2) is 4.79 Å². The van der Waals surface area contributed by atoms with Gasteiger partial charge < -0.3 is 34.2 Å². The molecule has 0 heterocycles. The van der Waals surface area contributed by atoms with Crippen LogP contribution >= 0.6 is 7.82 Å². The topological polar surface area (TPSA) is 141 Å². The first kappa shape index (κ1) is 43.3. The Balaban J connectivity index is 1.88. The Labute approximate surface area is 310 Å². The van der Waals surface area contributed by atoms with Crippen LogP contribution in [0.5, 0.6) is 11.5 Å². The minimum atomic E-state index is -5.01. The van der Waals surface area contributed by atoms with Gasteiger partial charge in [-0.2, -0.15) is 0 Å². The lowest BCUT2D eigenvalue weighted by Crippen LogP contribution is -2.44. The van der Waals surface area contributed by atoms with Crippen LogP contribution in [0.15, 0.2) is 66.7 Å². The second-order valence-corrected chi connectivity index (χ2v) is 17.0. The summed E-state index contributed by atoms with van der Waals surface area (Å²) in [6, 6.07) is 22.1. The predicted octanol–water partition coefficient (Wildman–Crippen LogP) is 6.05. The van der Waals surface area contributed by atoms with Gasteiger partial charge in [-0.3, -0.25) is 14.0 Å². The number of nitrogens with one attached hydrogen (secondary N) is 1. The van der Waals surface area contributed by atoms with Crippen LogP contribution < -0.4 is 19.7 Å². The van der Waals surface area contributed by atoms with Gasteiger partial charge in [0.15, 0.2) is 13.3 Å². The second-order valence-electron chi connectivity index (χ2n) is 15.8. The lowest BCUT2D eigenvalue weighted by molar-refractivity contribution is -0.896. The van der Waals surface area contributed by atoms with E-state index >= 15 is 0 Å². The maximum atomic E-state index is 13.7. The number of carbonyl (C=O) groups excluding carboxylic acids is 1. The molecule has 0 aliphatic heterocycles. The average molecular weight is 742 g/mol. The molecule has 0 aromatic heterocycles. The van der Waals surface area contributed by atoms with E-state index in [1.165, 1.54) is 0 Å². The molecule has 11 nitrogen and oxygen atoms in total. The van der Waals surface area contributed by atoms with E-state index < -0.39 is 26.7 Å². The SMILES string of the molecule is Cc1ccc(OC(=O)C[N+](C)(C)Cc2cc(C(O)CNC(C)(C)C)ccc2OCOP(=O)([O-])O)c(C(CCN(C(C)C)C(C)C)c2ccccc2)c1. The molecule has 0 fully saturated rings. The number of phosphoric ester groups is 1. The Morgan fingerprint density at radius 1 is 0.962 bits per heavy atom. The molecule has 0 radical (unpaired) electrons. The fourth-order valence-corrected chi connectivity index (χ4v) is 6.57. The maximum Gasteiger partial charge on any atom is 0.367 e. The second kappa shape index (κ2) is 18.8. The molecule has 12 heteroatoms. The molecule has 288 valence electrons. The van der Waals surface area contributed by atoms with Crippen molar-refractivity contribution in [2.24, 2.45) is 0 Å². The number of carbonyl (C=O) groups is 1. The summed E-state index contributed by atoms with van der Waals surface area (Å²) < 4.78 is 27.5. The normalized spacial score (nSPS) is 14.8. The summed E-state index contributed by atoms with van der Waals surface area (Å²) in [5, 5.41) is 14.3. The summed E-state index contributed by atoms with van der Waals surface area (Å²) in [6.45, 7) is 17.6. The van der Waals surface area contributed by atoms with E-state index in [-0.39, 0.29) is 34.8 Å². The van der Waals surface area contributed by atoms with Crippen molar-refractivity contribution in [2.75, 3.05) is 40.5 Å². The van der Waals surface area contributed by atoms with Gasteiger partial charge in [0.2, 0.25) is 0 Å². The number of phosphoric acid groups is 1. The predicted molar refractivity (Wildman–Crippen MR) is 203 cm³/mol. The van der Waals surface area contributed by atoms with Crippen molar-refractivity contribution in [3.8, 4) is 11.5 Å². The molecule has 3 rings (SSSR count). The highest BCUT2D eigenvalue weighted by Gasteiger charge is 2.28. The number of benzene rings is 3. The highest BCUT2D eigenvalue weighted by Crippen LogP contribution is 2.36. The number of rotatable bonds is 19. The van der Waals surface area contributed by atoms with Crippen molar-refractivity contribution >= 4 is 13.8 Å². The molecule has 3 atom stereocenters. The van der Waals surface area contributed by atoms with Gasteiger partial charge in [0.1, 0.15) is 18.0 Å². The smallest absolute Gasteiger partial charge is 0.367 e. The number of likely N-dealkylation sites (N-methyl/N-ethyl adjacent to an activating group) is 1. The zero-order valence-electron chi connectivity index (χ0n) is 32.6. The third-order valence-corrected chi connectivity index (χ3v) is 9.28. The molecular weight excluding hydrogens is 681 g/mol. The Kier molecular flexibility index (Phi) is 15.6. The van der Waals surface area contributed by atoms with Crippen LogP contribution in [0.2, 0.25) is 0 Å². The van der Waals surface area contributed by atoms with Crippen LogP contribution in [-0.4, -0.2) is 83.5 Å². The number of aliphatic hydroxyl groups is 1. The van der Waals surface area contributed by atoms with E-state index in [9.17, 15) is 19.4 Å². The van der Waals surface area contributed by atoms with Gasteiger partial charge in [0, 0.05) is 41.2 Å². The summed E-state index contributed by atoms with van der Waals surface area (Å²) >= 11 is 0. The van der Waals surface area contributed by atoms with E-state index in [2.05, 4.69) is 60.6 Å². The van der Waals surface area contributed by atoms with Gasteiger partial charge in [-0.1, -0.05) is 54.1 Å². The molecule has 0 bridgehead atoms. The van der Waals surface area contributed by atoms with Crippen LogP contribution in [0, 0.1) is 6.92 Å². The highest BCUT2D eigenvalue weighted by atomic mass is 31.2. The molecule has 52 heavy (non-hydrogen) atoms. The van der Waals surface area contributed by atoms with Crippen molar-refractivity contribution in [3.05, 3.63) is 94.5 Å². The maximum absolute atomic E-state index is 13.7. The van der Waals surface area contributed by atoms with Gasteiger partial charge in [-0.15, -0.1) is 0 Å². The molecule has 0 saturated heterocycles. The summed E-state index contributed by atoms with van der Waals surface area (Å²) in [6.07, 6.45) is 0.00219. The molecular formula is C40H60N3O8P. The first-order valence-electron chi connectivity index (χ1n) is 17.9. The number of aliphatic hydroxyl groups excluding tert-OH is 1. The first-order valence-corrected chi connectivity index (χ1v) is 19.4. The number of aryl methyl sites for hydroxylation is 1. The average Bonchev–Trinajstić information content (AvgIpc) is 3.02. The number of hydrogen-bond donors (Lipinski definition) is 3. The number of β-amino-alcohol motifs (C(OH)–C–C–N with tert-alkyl or cyclic N) is 1. The van der Waals surface area contributed by atoms with E-state index in [1.807, 2.05) is 72.1 Å². The summed E-state index contributed by atoms with van der Waals surface area (Å²) in [7, 11) is -1.25. The molecule has 0 saturated carbocycles. The van der Waals surface area contributed by atoms with Crippen molar-refractivity contribution in [1.82, 2.24) is 10.2 Å². The number of quaternary nitrogens is 1. The Morgan fingerprint density at radius 2 is 1.60 bits per heavy atom. The minimum absolute atomic E-state index is 0.00128. The fourth-order valence-electron chi connectivity index (χ4n) is 6.38. The van der Waals surface area contributed by atoms with Crippen LogP contribution in [0.4, 0.5) is 0 Å². The van der Waals surface area contributed by atoms with Crippen LogP contribution in [-0.2, 0) is 20.4 Å². The van der Waals surface area contributed by atoms with Crippen molar-refractivity contribution in [1.29, 1.82) is 0 Å². The van der Waals surface area contributed by atoms with Crippen molar-refractivity contribution in [2.45, 2.75) is 98.0 Å². The molecule has 0 aliphatic carbocycles. The minimum Gasteiger partial charge on any atom is -0.756 e. The van der Waals surface area contributed by atoms with Gasteiger partial charge in [-0.05, 0) is 97.7 Å². The van der Waals surface area contributed by atoms with Crippen molar-refractivity contribution in [3.63, 3.8) is 0 Å². The Hall–Kier alpha value is -3.12. The quantitative estimate of drug-likeness (QED) is 0.0437. The Morgan fingerprint density at radius 3 is 2.19 bits per heavy atom. The molecule has 0 spiro atoms. The molecule has 3 N–H and O–H groups in total. The highest BCUT2D eigenvalue weighted by molar-refractivity contribution is 7.44. The summed E-state index contributed by atoms with van der Waals surface area (Å²) in [5.74, 6) is 0.389. The third-order valence-electron chi connectivity index (χ3n) is 8.85.